The Balaban J connectivity index is 2.18. The molecule has 0 aliphatic carbocycles. The van der Waals surface area contributed by atoms with Gasteiger partial charge < -0.3 is 10.6 Å². The quantitative estimate of drug-likeness (QED) is 0.864. The first kappa shape index (κ1) is 17.7. The molecule has 0 aliphatic heterocycles. The Morgan fingerprint density at radius 2 is 1.58 bits per heavy atom. The summed E-state index contributed by atoms with van der Waals surface area (Å²) < 4.78 is 22.5. The maximum Gasteiger partial charge on any atom is 0.255 e. The van der Waals surface area contributed by atoms with Crippen LogP contribution in [-0.4, -0.2) is 33.5 Å². The van der Waals surface area contributed by atoms with Gasteiger partial charge in [0.1, 0.15) is 0 Å². The first-order valence-corrected chi connectivity index (χ1v) is 9.25. The van der Waals surface area contributed by atoms with E-state index in [1.54, 1.807) is 48.5 Å². The molecule has 0 spiro atoms. The summed E-state index contributed by atoms with van der Waals surface area (Å²) in [5, 5.41) is 5.21. The number of benzene rings is 2. The molecule has 0 unspecified atom stereocenters. The first-order valence-electron chi connectivity index (χ1n) is 7.19. The van der Waals surface area contributed by atoms with Crippen molar-refractivity contribution < 1.29 is 18.0 Å². The fourth-order valence-electron chi connectivity index (χ4n) is 2.17. The maximum absolute atomic E-state index is 12.3. The molecule has 6 nitrogen and oxygen atoms in total. The van der Waals surface area contributed by atoms with Crippen LogP contribution in [0, 0.1) is 0 Å². The van der Waals surface area contributed by atoms with Gasteiger partial charge in [0.15, 0.2) is 9.84 Å². The van der Waals surface area contributed by atoms with Gasteiger partial charge in [0.2, 0.25) is 0 Å². The van der Waals surface area contributed by atoms with Gasteiger partial charge in [-0.15, -0.1) is 0 Å². The zero-order chi connectivity index (χ0) is 17.7. The van der Waals surface area contributed by atoms with Gasteiger partial charge >= 0.3 is 0 Å². The van der Waals surface area contributed by atoms with Gasteiger partial charge in [0.25, 0.3) is 11.8 Å². The van der Waals surface area contributed by atoms with Crippen molar-refractivity contribution in [1.82, 2.24) is 5.32 Å². The summed E-state index contributed by atoms with van der Waals surface area (Å²) in [6, 6.07) is 13.0. The molecule has 0 saturated heterocycles. The lowest BCUT2D eigenvalue weighted by atomic mass is 10.1. The molecule has 2 N–H and O–H groups in total. The highest BCUT2D eigenvalue weighted by Gasteiger charge is 2.13. The molecule has 0 saturated carbocycles. The van der Waals surface area contributed by atoms with E-state index in [2.05, 4.69) is 10.6 Å². The number of nitrogens with one attached hydrogen (secondary N) is 2. The third-order valence-electron chi connectivity index (χ3n) is 3.29. The van der Waals surface area contributed by atoms with Crippen molar-refractivity contribution in [2.75, 3.05) is 18.6 Å². The Kier molecular flexibility index (Phi) is 5.35. The van der Waals surface area contributed by atoms with Gasteiger partial charge in [-0.3, -0.25) is 9.59 Å². The number of para-hydroxylation sites is 1. The van der Waals surface area contributed by atoms with Crippen LogP contribution >= 0.6 is 0 Å². The highest BCUT2D eigenvalue weighted by Crippen LogP contribution is 2.16. The molecule has 0 aliphatic rings. The molecule has 2 amide bonds. The topological polar surface area (TPSA) is 92.3 Å². The number of anilines is 1. The Morgan fingerprint density at radius 1 is 0.958 bits per heavy atom. The standard InChI is InChI=1S/C17H18N2O4S/c1-18-17(21)14-5-3-4-6-15(14)19-16(20)13-9-7-12(8-10-13)11-24(2,22)23/h3-10H,11H2,1-2H3,(H,18,21)(H,19,20). The van der Waals surface area contributed by atoms with E-state index in [4.69, 9.17) is 0 Å². The van der Waals surface area contributed by atoms with Crippen LogP contribution in [0.2, 0.25) is 0 Å². The van der Waals surface area contributed by atoms with Crippen LogP contribution in [0.25, 0.3) is 0 Å². The zero-order valence-corrected chi connectivity index (χ0v) is 14.2. The van der Waals surface area contributed by atoms with Gasteiger partial charge in [0, 0.05) is 18.9 Å². The van der Waals surface area contributed by atoms with E-state index in [1.165, 1.54) is 7.05 Å². The fourth-order valence-corrected chi connectivity index (χ4v) is 2.97. The van der Waals surface area contributed by atoms with Crippen LogP contribution in [-0.2, 0) is 15.6 Å². The van der Waals surface area contributed by atoms with E-state index in [1.807, 2.05) is 0 Å². The van der Waals surface area contributed by atoms with Crippen molar-refractivity contribution in [3.05, 3.63) is 65.2 Å². The molecular formula is C17H18N2O4S. The summed E-state index contributed by atoms with van der Waals surface area (Å²) in [4.78, 5) is 24.1. The lowest BCUT2D eigenvalue weighted by molar-refractivity contribution is 0.0964. The Labute approximate surface area is 140 Å². The Morgan fingerprint density at radius 3 is 2.17 bits per heavy atom. The number of hydrogen-bond donors (Lipinski definition) is 2. The summed E-state index contributed by atoms with van der Waals surface area (Å²) in [7, 11) is -1.61. The molecule has 2 aromatic carbocycles. The molecule has 2 aromatic rings. The van der Waals surface area contributed by atoms with E-state index in [0.717, 1.165) is 6.26 Å². The normalized spacial score (nSPS) is 10.9. The van der Waals surface area contributed by atoms with Crippen molar-refractivity contribution in [2.24, 2.45) is 0 Å². The number of rotatable bonds is 5. The van der Waals surface area contributed by atoms with Crippen molar-refractivity contribution in [3.63, 3.8) is 0 Å². The maximum atomic E-state index is 12.3. The SMILES string of the molecule is CNC(=O)c1ccccc1NC(=O)c1ccc(CS(C)(=O)=O)cc1. The van der Waals surface area contributed by atoms with E-state index < -0.39 is 9.84 Å². The largest absolute Gasteiger partial charge is 0.355 e. The third kappa shape index (κ3) is 4.66. The number of sulfone groups is 1. The molecule has 0 atom stereocenters. The van der Waals surface area contributed by atoms with Crippen molar-refractivity contribution in [2.45, 2.75) is 5.75 Å². The van der Waals surface area contributed by atoms with Crippen LogP contribution in [0.15, 0.2) is 48.5 Å². The lowest BCUT2D eigenvalue weighted by Gasteiger charge is -2.10. The van der Waals surface area contributed by atoms with E-state index >= 15 is 0 Å². The minimum absolute atomic E-state index is 0.0750. The molecule has 2 rings (SSSR count). The smallest absolute Gasteiger partial charge is 0.255 e. The summed E-state index contributed by atoms with van der Waals surface area (Å²) >= 11 is 0. The van der Waals surface area contributed by atoms with Crippen molar-refractivity contribution in [3.8, 4) is 0 Å². The molecule has 0 bridgehead atoms. The highest BCUT2D eigenvalue weighted by atomic mass is 32.2. The summed E-state index contributed by atoms with van der Waals surface area (Å²) in [5.74, 6) is -0.749. The van der Waals surface area contributed by atoms with Gasteiger partial charge in [-0.2, -0.15) is 0 Å². The van der Waals surface area contributed by atoms with Crippen LogP contribution < -0.4 is 10.6 Å². The second-order valence-electron chi connectivity index (χ2n) is 5.35. The number of carbonyl (C=O) groups excluding carboxylic acids is 2. The predicted molar refractivity (Wildman–Crippen MR) is 92.8 cm³/mol. The van der Waals surface area contributed by atoms with Gasteiger partial charge in [-0.1, -0.05) is 24.3 Å². The minimum atomic E-state index is -3.12. The zero-order valence-electron chi connectivity index (χ0n) is 13.4. The van der Waals surface area contributed by atoms with E-state index in [0.29, 0.717) is 22.4 Å². The number of carbonyl (C=O) groups is 2. The fraction of sp³-hybridized carbons (Fsp3) is 0.176. The Hall–Kier alpha value is -2.67. The number of amides is 2. The second-order valence-corrected chi connectivity index (χ2v) is 7.49. The van der Waals surface area contributed by atoms with E-state index in [9.17, 15) is 18.0 Å². The summed E-state index contributed by atoms with van der Waals surface area (Å²) in [6.45, 7) is 0. The molecule has 0 aromatic heterocycles. The average Bonchev–Trinajstić information content (AvgIpc) is 2.53. The van der Waals surface area contributed by atoms with Gasteiger partial charge in [-0.05, 0) is 29.8 Å². The van der Waals surface area contributed by atoms with Crippen molar-refractivity contribution >= 4 is 27.3 Å². The summed E-state index contributed by atoms with van der Waals surface area (Å²) in [5.41, 5.74) is 1.75. The third-order valence-corrected chi connectivity index (χ3v) is 4.15. The lowest BCUT2D eigenvalue weighted by Crippen LogP contribution is -2.21. The molecular weight excluding hydrogens is 328 g/mol. The average molecular weight is 346 g/mol. The molecule has 126 valence electrons. The Bertz CT molecular complexity index is 858. The van der Waals surface area contributed by atoms with Crippen LogP contribution in [0.1, 0.15) is 26.3 Å². The van der Waals surface area contributed by atoms with Crippen LogP contribution in [0.3, 0.4) is 0 Å². The molecule has 0 heterocycles. The minimum Gasteiger partial charge on any atom is -0.355 e. The van der Waals surface area contributed by atoms with Gasteiger partial charge in [0.05, 0.1) is 17.0 Å². The molecule has 7 heteroatoms. The second kappa shape index (κ2) is 7.27. The van der Waals surface area contributed by atoms with Crippen molar-refractivity contribution in [1.29, 1.82) is 0 Å². The molecule has 0 fully saturated rings. The molecule has 0 radical (unpaired) electrons. The molecule has 24 heavy (non-hydrogen) atoms. The van der Waals surface area contributed by atoms with Crippen LogP contribution in [0.4, 0.5) is 5.69 Å². The predicted octanol–water partition coefficient (Wildman–Crippen LogP) is 1.84. The van der Waals surface area contributed by atoms with Crippen LogP contribution in [0.5, 0.6) is 0 Å². The van der Waals surface area contributed by atoms with E-state index in [-0.39, 0.29) is 17.6 Å². The first-order chi connectivity index (χ1) is 11.3. The number of hydrogen-bond acceptors (Lipinski definition) is 4. The summed E-state index contributed by atoms with van der Waals surface area (Å²) in [6.07, 6.45) is 1.16. The monoisotopic (exact) mass is 346 g/mol. The highest BCUT2D eigenvalue weighted by molar-refractivity contribution is 7.89. The van der Waals surface area contributed by atoms with Gasteiger partial charge in [-0.25, -0.2) is 8.42 Å².